The Labute approximate surface area is 124 Å². The molecule has 1 N–H and O–H groups in total. The van der Waals surface area contributed by atoms with Crippen LogP contribution in [0.25, 0.3) is 0 Å². The predicted molar refractivity (Wildman–Crippen MR) is 74.2 cm³/mol. The van der Waals surface area contributed by atoms with Gasteiger partial charge in [0, 0.05) is 17.9 Å². The van der Waals surface area contributed by atoms with Crippen molar-refractivity contribution in [2.24, 2.45) is 0 Å². The van der Waals surface area contributed by atoms with E-state index in [-0.39, 0.29) is 18.0 Å². The van der Waals surface area contributed by atoms with Gasteiger partial charge in [-0.05, 0) is 18.2 Å². The van der Waals surface area contributed by atoms with Gasteiger partial charge in [-0.25, -0.2) is 13.2 Å². The number of nitrogens with one attached hydrogen (secondary N) is 1. The maximum absolute atomic E-state index is 13.5. The SMILES string of the molecule is O=C(CC1COc2ccccc21)Nc1ccc(F)c(F)c1F. The van der Waals surface area contributed by atoms with Gasteiger partial charge in [-0.2, -0.15) is 0 Å². The van der Waals surface area contributed by atoms with E-state index in [0.717, 1.165) is 23.4 Å². The smallest absolute Gasteiger partial charge is 0.225 e. The molecule has 114 valence electrons. The van der Waals surface area contributed by atoms with Crippen LogP contribution in [-0.2, 0) is 4.79 Å². The van der Waals surface area contributed by atoms with Gasteiger partial charge in [0.15, 0.2) is 17.5 Å². The van der Waals surface area contributed by atoms with Crippen LogP contribution in [0.4, 0.5) is 18.9 Å². The zero-order valence-corrected chi connectivity index (χ0v) is 11.4. The van der Waals surface area contributed by atoms with Crippen molar-refractivity contribution in [1.29, 1.82) is 0 Å². The summed E-state index contributed by atoms with van der Waals surface area (Å²) in [5.41, 5.74) is 0.527. The number of amides is 1. The predicted octanol–water partition coefficient (Wildman–Crippen LogP) is 3.61. The number of rotatable bonds is 3. The van der Waals surface area contributed by atoms with Crippen molar-refractivity contribution in [2.75, 3.05) is 11.9 Å². The molecule has 0 saturated heterocycles. The molecule has 2 aromatic carbocycles. The summed E-state index contributed by atoms with van der Waals surface area (Å²) in [4.78, 5) is 12.0. The van der Waals surface area contributed by atoms with Crippen molar-refractivity contribution in [3.8, 4) is 5.75 Å². The van der Waals surface area contributed by atoms with Crippen LogP contribution in [0.1, 0.15) is 17.9 Å². The Morgan fingerprint density at radius 2 is 1.91 bits per heavy atom. The third-order valence-corrected chi connectivity index (χ3v) is 3.54. The lowest BCUT2D eigenvalue weighted by molar-refractivity contribution is -0.116. The maximum atomic E-state index is 13.5. The fourth-order valence-electron chi connectivity index (χ4n) is 2.45. The topological polar surface area (TPSA) is 38.3 Å². The summed E-state index contributed by atoms with van der Waals surface area (Å²) in [7, 11) is 0. The van der Waals surface area contributed by atoms with Crippen LogP contribution in [0.15, 0.2) is 36.4 Å². The summed E-state index contributed by atoms with van der Waals surface area (Å²) in [6, 6.07) is 9.10. The zero-order valence-electron chi connectivity index (χ0n) is 11.4. The number of fused-ring (bicyclic) bond motifs is 1. The number of carbonyl (C=O) groups excluding carboxylic acids is 1. The summed E-state index contributed by atoms with van der Waals surface area (Å²) in [6.07, 6.45) is 0.0649. The number of ether oxygens (including phenoxy) is 1. The van der Waals surface area contributed by atoms with Gasteiger partial charge < -0.3 is 10.1 Å². The largest absolute Gasteiger partial charge is 0.493 e. The minimum Gasteiger partial charge on any atom is -0.493 e. The molecule has 0 bridgehead atoms. The molecule has 1 heterocycles. The van der Waals surface area contributed by atoms with Crippen molar-refractivity contribution in [3.05, 3.63) is 59.4 Å². The molecular weight excluding hydrogens is 295 g/mol. The third kappa shape index (κ3) is 2.64. The lowest BCUT2D eigenvalue weighted by Crippen LogP contribution is -2.17. The van der Waals surface area contributed by atoms with Crippen LogP contribution in [-0.4, -0.2) is 12.5 Å². The van der Waals surface area contributed by atoms with Crippen molar-refractivity contribution in [2.45, 2.75) is 12.3 Å². The highest BCUT2D eigenvalue weighted by Gasteiger charge is 2.26. The van der Waals surface area contributed by atoms with Crippen LogP contribution in [0.2, 0.25) is 0 Å². The van der Waals surface area contributed by atoms with E-state index in [2.05, 4.69) is 5.32 Å². The van der Waals surface area contributed by atoms with E-state index in [0.29, 0.717) is 6.61 Å². The molecule has 1 amide bonds. The van der Waals surface area contributed by atoms with Crippen LogP contribution < -0.4 is 10.1 Å². The minimum atomic E-state index is -1.60. The quantitative estimate of drug-likeness (QED) is 0.880. The molecule has 6 heteroatoms. The summed E-state index contributed by atoms with van der Waals surface area (Å²) in [5, 5.41) is 2.26. The molecule has 1 aliphatic heterocycles. The van der Waals surface area contributed by atoms with Gasteiger partial charge >= 0.3 is 0 Å². The first-order valence-corrected chi connectivity index (χ1v) is 6.71. The average molecular weight is 307 g/mol. The fraction of sp³-hybridized carbons (Fsp3) is 0.188. The number of benzene rings is 2. The number of anilines is 1. The summed E-state index contributed by atoms with van der Waals surface area (Å²) in [6.45, 7) is 0.354. The fourth-order valence-corrected chi connectivity index (χ4v) is 2.45. The van der Waals surface area contributed by atoms with Gasteiger partial charge in [0.1, 0.15) is 5.75 Å². The Morgan fingerprint density at radius 3 is 2.73 bits per heavy atom. The molecule has 0 spiro atoms. The van der Waals surface area contributed by atoms with E-state index >= 15 is 0 Å². The van der Waals surface area contributed by atoms with Crippen LogP contribution in [0, 0.1) is 17.5 Å². The summed E-state index contributed by atoms with van der Waals surface area (Å²) < 4.78 is 44.9. The highest BCUT2D eigenvalue weighted by Crippen LogP contribution is 2.35. The highest BCUT2D eigenvalue weighted by atomic mass is 19.2. The Morgan fingerprint density at radius 1 is 1.14 bits per heavy atom. The molecule has 0 saturated carbocycles. The Kier molecular flexibility index (Phi) is 3.75. The number of hydrogen-bond acceptors (Lipinski definition) is 2. The van der Waals surface area contributed by atoms with Crippen molar-refractivity contribution < 1.29 is 22.7 Å². The van der Waals surface area contributed by atoms with E-state index < -0.39 is 23.4 Å². The number of halogens is 3. The first-order chi connectivity index (χ1) is 10.6. The maximum Gasteiger partial charge on any atom is 0.225 e. The summed E-state index contributed by atoms with van der Waals surface area (Å²) >= 11 is 0. The molecule has 1 atom stereocenters. The van der Waals surface area contributed by atoms with Crippen molar-refractivity contribution in [1.82, 2.24) is 0 Å². The normalized spacial score (nSPS) is 16.0. The van der Waals surface area contributed by atoms with Crippen molar-refractivity contribution >= 4 is 11.6 Å². The molecule has 1 unspecified atom stereocenters. The van der Waals surface area contributed by atoms with Crippen LogP contribution in [0.5, 0.6) is 5.75 Å². The summed E-state index contributed by atoms with van der Waals surface area (Å²) in [5.74, 6) is -4.23. The second-order valence-corrected chi connectivity index (χ2v) is 5.02. The Balaban J connectivity index is 1.71. The number of carbonyl (C=O) groups is 1. The second-order valence-electron chi connectivity index (χ2n) is 5.02. The molecule has 3 rings (SSSR count). The second kappa shape index (κ2) is 5.71. The molecule has 2 aromatic rings. The molecule has 0 aromatic heterocycles. The third-order valence-electron chi connectivity index (χ3n) is 3.54. The zero-order chi connectivity index (χ0) is 15.7. The lowest BCUT2D eigenvalue weighted by Gasteiger charge is -2.10. The monoisotopic (exact) mass is 307 g/mol. The number of hydrogen-bond donors (Lipinski definition) is 1. The van der Waals surface area contributed by atoms with E-state index in [1.165, 1.54) is 0 Å². The van der Waals surface area contributed by atoms with Gasteiger partial charge in [-0.1, -0.05) is 18.2 Å². The first-order valence-electron chi connectivity index (χ1n) is 6.71. The lowest BCUT2D eigenvalue weighted by atomic mass is 9.97. The van der Waals surface area contributed by atoms with Crippen LogP contribution >= 0.6 is 0 Å². The van der Waals surface area contributed by atoms with E-state index in [1.54, 1.807) is 0 Å². The average Bonchev–Trinajstić information content (AvgIpc) is 2.91. The van der Waals surface area contributed by atoms with Gasteiger partial charge in [0.2, 0.25) is 5.91 Å². The molecule has 0 radical (unpaired) electrons. The molecule has 0 fully saturated rings. The van der Waals surface area contributed by atoms with Gasteiger partial charge in [0.05, 0.1) is 12.3 Å². The molecule has 1 aliphatic rings. The standard InChI is InChI=1S/C16H12F3NO2/c17-11-5-6-12(16(19)15(11)18)20-14(21)7-9-8-22-13-4-2-1-3-10(9)13/h1-6,9H,7-8H2,(H,20,21). The molecule has 22 heavy (non-hydrogen) atoms. The van der Waals surface area contributed by atoms with Gasteiger partial charge in [-0.3, -0.25) is 4.79 Å². The first kappa shape index (κ1) is 14.4. The van der Waals surface area contributed by atoms with Crippen molar-refractivity contribution in [3.63, 3.8) is 0 Å². The minimum absolute atomic E-state index is 0.0649. The van der Waals surface area contributed by atoms with E-state index in [9.17, 15) is 18.0 Å². The van der Waals surface area contributed by atoms with E-state index in [4.69, 9.17) is 4.74 Å². The van der Waals surface area contributed by atoms with Gasteiger partial charge in [0.25, 0.3) is 0 Å². The van der Waals surface area contributed by atoms with Crippen LogP contribution in [0.3, 0.4) is 0 Å². The highest BCUT2D eigenvalue weighted by molar-refractivity contribution is 5.91. The Bertz CT molecular complexity index is 733. The molecule has 3 nitrogen and oxygen atoms in total. The van der Waals surface area contributed by atoms with E-state index in [1.807, 2.05) is 24.3 Å². The number of para-hydroxylation sites is 1. The Hall–Kier alpha value is -2.50. The molecular formula is C16H12F3NO2. The molecule has 0 aliphatic carbocycles. The van der Waals surface area contributed by atoms with Gasteiger partial charge in [-0.15, -0.1) is 0 Å².